The van der Waals surface area contributed by atoms with E-state index in [0.717, 1.165) is 29.9 Å². The molecule has 2 heterocycles. The Hall–Kier alpha value is -3.87. The summed E-state index contributed by atoms with van der Waals surface area (Å²) in [6.45, 7) is 3.53. The van der Waals surface area contributed by atoms with Gasteiger partial charge in [0.2, 0.25) is 0 Å². The molecule has 0 N–H and O–H groups in total. The zero-order valence-corrected chi connectivity index (χ0v) is 18.7. The van der Waals surface area contributed by atoms with Crippen LogP contribution in [0.5, 0.6) is 11.5 Å². The van der Waals surface area contributed by atoms with E-state index < -0.39 is 17.7 Å². The molecule has 0 aliphatic rings. The molecular formula is C24H23F3N4O3. The minimum absolute atomic E-state index is 0.180. The molecule has 0 bridgehead atoms. The number of halogens is 3. The minimum Gasteiger partial charge on any atom is -0.488 e. The fraction of sp³-hybridized carbons (Fsp3) is 0.333. The average molecular weight is 472 g/mol. The van der Waals surface area contributed by atoms with Crippen molar-refractivity contribution in [2.75, 3.05) is 6.61 Å². The molecule has 10 heteroatoms. The highest BCUT2D eigenvalue weighted by Crippen LogP contribution is 2.31. The van der Waals surface area contributed by atoms with Crippen molar-refractivity contribution in [2.24, 2.45) is 0 Å². The minimum atomic E-state index is -4.45. The Morgan fingerprint density at radius 2 is 2.00 bits per heavy atom. The zero-order chi connectivity index (χ0) is 24.7. The van der Waals surface area contributed by atoms with Crippen molar-refractivity contribution in [3.63, 3.8) is 0 Å². The van der Waals surface area contributed by atoms with Crippen LogP contribution in [-0.2, 0) is 23.8 Å². The summed E-state index contributed by atoms with van der Waals surface area (Å²) in [7, 11) is 0. The number of rotatable bonds is 9. The van der Waals surface area contributed by atoms with Crippen LogP contribution in [0.2, 0.25) is 0 Å². The van der Waals surface area contributed by atoms with Gasteiger partial charge in [-0.05, 0) is 49.1 Å². The van der Waals surface area contributed by atoms with Gasteiger partial charge in [0.25, 0.3) is 0 Å². The van der Waals surface area contributed by atoms with Crippen LogP contribution < -0.4 is 9.47 Å². The van der Waals surface area contributed by atoms with E-state index in [4.69, 9.17) is 9.47 Å². The van der Waals surface area contributed by atoms with Gasteiger partial charge >= 0.3 is 12.1 Å². The highest BCUT2D eigenvalue weighted by Gasteiger charge is 2.30. The van der Waals surface area contributed by atoms with Crippen molar-refractivity contribution in [3.05, 3.63) is 65.1 Å². The number of carbonyl (C=O) groups excluding carboxylic acids is 1. The first-order chi connectivity index (χ1) is 16.2. The standard InChI is InChI=1S/C24H23F3N4O3/c1-3-6-20-18(15-31(30-20)22-11-10-19(14-29-22)24(25,26)27)8-5-12-33-23-17(13-28)7-4-9-21(23)34-16(2)32/h4,7,9-11,14-15H,3,5-6,8,12H2,1-2H3. The lowest BCUT2D eigenvalue weighted by molar-refractivity contribution is -0.138. The molecule has 0 aliphatic carbocycles. The molecule has 7 nitrogen and oxygen atoms in total. The van der Waals surface area contributed by atoms with Crippen molar-refractivity contribution >= 4 is 5.97 Å². The lowest BCUT2D eigenvalue weighted by atomic mass is 10.1. The van der Waals surface area contributed by atoms with Crippen LogP contribution in [0, 0.1) is 11.3 Å². The molecule has 0 radical (unpaired) electrons. The molecule has 0 saturated heterocycles. The van der Waals surface area contributed by atoms with Crippen molar-refractivity contribution in [2.45, 2.75) is 45.7 Å². The summed E-state index contributed by atoms with van der Waals surface area (Å²) in [5.41, 5.74) is 1.20. The van der Waals surface area contributed by atoms with Gasteiger partial charge in [0.05, 0.1) is 23.4 Å². The maximum atomic E-state index is 12.8. The molecule has 0 atom stereocenters. The number of alkyl halides is 3. The molecular weight excluding hydrogens is 449 g/mol. The molecule has 1 aromatic carbocycles. The zero-order valence-electron chi connectivity index (χ0n) is 18.7. The SMILES string of the molecule is CCCc1nn(-c2ccc(C(F)(F)F)cn2)cc1CCCOc1c(C#N)cccc1OC(C)=O. The predicted molar refractivity (Wildman–Crippen MR) is 117 cm³/mol. The third-order valence-corrected chi connectivity index (χ3v) is 4.86. The van der Waals surface area contributed by atoms with Crippen LogP contribution in [0.4, 0.5) is 13.2 Å². The third kappa shape index (κ3) is 6.13. The first-order valence-corrected chi connectivity index (χ1v) is 10.7. The summed E-state index contributed by atoms with van der Waals surface area (Å²) in [4.78, 5) is 15.2. The Bertz CT molecular complexity index is 1180. The summed E-state index contributed by atoms with van der Waals surface area (Å²) in [5.74, 6) is 0.160. The lowest BCUT2D eigenvalue weighted by Crippen LogP contribution is -2.07. The fourth-order valence-corrected chi connectivity index (χ4v) is 3.33. The van der Waals surface area contributed by atoms with E-state index in [0.29, 0.717) is 25.1 Å². The van der Waals surface area contributed by atoms with E-state index in [2.05, 4.69) is 10.1 Å². The Morgan fingerprint density at radius 3 is 2.62 bits per heavy atom. The monoisotopic (exact) mass is 472 g/mol. The second-order valence-electron chi connectivity index (χ2n) is 7.49. The molecule has 178 valence electrons. The number of hydrogen-bond acceptors (Lipinski definition) is 6. The van der Waals surface area contributed by atoms with Gasteiger partial charge in [-0.15, -0.1) is 0 Å². The first kappa shape index (κ1) is 24.8. The van der Waals surface area contributed by atoms with Crippen molar-refractivity contribution in [1.29, 1.82) is 5.26 Å². The Balaban J connectivity index is 1.71. The number of hydrogen-bond donors (Lipinski definition) is 0. The van der Waals surface area contributed by atoms with Crippen LogP contribution in [0.25, 0.3) is 5.82 Å². The molecule has 0 fully saturated rings. The second kappa shape index (κ2) is 10.8. The molecule has 0 spiro atoms. The van der Waals surface area contributed by atoms with Crippen LogP contribution >= 0.6 is 0 Å². The summed E-state index contributed by atoms with van der Waals surface area (Å²) in [6.07, 6.45) is 0.814. The molecule has 0 amide bonds. The van der Waals surface area contributed by atoms with Crippen LogP contribution in [0.15, 0.2) is 42.7 Å². The summed E-state index contributed by atoms with van der Waals surface area (Å²) >= 11 is 0. The van der Waals surface area contributed by atoms with Crippen molar-refractivity contribution < 1.29 is 27.4 Å². The number of benzene rings is 1. The van der Waals surface area contributed by atoms with E-state index in [-0.39, 0.29) is 23.7 Å². The Kier molecular flexibility index (Phi) is 7.89. The number of para-hydroxylation sites is 1. The van der Waals surface area contributed by atoms with Crippen LogP contribution in [-0.4, -0.2) is 27.3 Å². The lowest BCUT2D eigenvalue weighted by Gasteiger charge is -2.12. The first-order valence-electron chi connectivity index (χ1n) is 10.7. The summed E-state index contributed by atoms with van der Waals surface area (Å²) in [5, 5.41) is 13.8. The molecule has 34 heavy (non-hydrogen) atoms. The van der Waals surface area contributed by atoms with E-state index in [1.54, 1.807) is 24.4 Å². The topological polar surface area (TPSA) is 90.0 Å². The van der Waals surface area contributed by atoms with Crippen molar-refractivity contribution in [1.82, 2.24) is 14.8 Å². The van der Waals surface area contributed by atoms with Crippen LogP contribution in [0.3, 0.4) is 0 Å². The highest BCUT2D eigenvalue weighted by atomic mass is 19.4. The van der Waals surface area contributed by atoms with E-state index in [1.165, 1.54) is 17.7 Å². The Labute approximate surface area is 194 Å². The normalized spacial score (nSPS) is 11.2. The number of carbonyl (C=O) groups is 1. The predicted octanol–water partition coefficient (Wildman–Crippen LogP) is 5.05. The maximum absolute atomic E-state index is 12.8. The van der Waals surface area contributed by atoms with Gasteiger partial charge < -0.3 is 9.47 Å². The number of nitriles is 1. The Morgan fingerprint density at radius 1 is 1.21 bits per heavy atom. The number of nitrogens with zero attached hydrogens (tertiary/aromatic N) is 4. The van der Waals surface area contributed by atoms with Gasteiger partial charge in [-0.2, -0.15) is 23.5 Å². The molecule has 0 saturated carbocycles. The van der Waals surface area contributed by atoms with Gasteiger partial charge in [-0.1, -0.05) is 19.4 Å². The average Bonchev–Trinajstić information content (AvgIpc) is 3.19. The number of esters is 1. The largest absolute Gasteiger partial charge is 0.488 e. The van der Waals surface area contributed by atoms with E-state index in [9.17, 15) is 23.2 Å². The van der Waals surface area contributed by atoms with Gasteiger partial charge in [0.1, 0.15) is 6.07 Å². The van der Waals surface area contributed by atoms with Gasteiger partial charge in [-0.3, -0.25) is 4.79 Å². The number of ether oxygens (including phenoxy) is 2. The quantitative estimate of drug-likeness (QED) is 0.246. The van der Waals surface area contributed by atoms with Crippen LogP contribution in [0.1, 0.15) is 49.1 Å². The highest BCUT2D eigenvalue weighted by molar-refractivity contribution is 5.71. The van der Waals surface area contributed by atoms with Gasteiger partial charge in [0.15, 0.2) is 17.3 Å². The molecule has 0 aliphatic heterocycles. The number of aromatic nitrogens is 3. The summed E-state index contributed by atoms with van der Waals surface area (Å²) in [6, 6.07) is 9.01. The molecule has 3 aromatic rings. The van der Waals surface area contributed by atoms with Crippen molar-refractivity contribution in [3.8, 4) is 23.4 Å². The van der Waals surface area contributed by atoms with Gasteiger partial charge in [0, 0.05) is 19.3 Å². The third-order valence-electron chi connectivity index (χ3n) is 4.86. The second-order valence-corrected chi connectivity index (χ2v) is 7.49. The van der Waals surface area contributed by atoms with E-state index in [1.807, 2.05) is 13.0 Å². The fourth-order valence-electron chi connectivity index (χ4n) is 3.33. The number of pyridine rings is 1. The maximum Gasteiger partial charge on any atom is 0.417 e. The molecule has 3 rings (SSSR count). The van der Waals surface area contributed by atoms with E-state index >= 15 is 0 Å². The van der Waals surface area contributed by atoms with Gasteiger partial charge in [-0.25, -0.2) is 9.67 Å². The molecule has 0 unspecified atom stereocenters. The molecule has 2 aromatic heterocycles. The smallest absolute Gasteiger partial charge is 0.417 e. The number of aryl methyl sites for hydroxylation is 2. The summed E-state index contributed by atoms with van der Waals surface area (Å²) < 4.78 is 50.8.